The van der Waals surface area contributed by atoms with Crippen molar-refractivity contribution in [2.45, 2.75) is 13.5 Å². The summed E-state index contributed by atoms with van der Waals surface area (Å²) in [4.78, 5) is 8.55. The summed E-state index contributed by atoms with van der Waals surface area (Å²) in [6, 6.07) is 4.87. The summed E-state index contributed by atoms with van der Waals surface area (Å²) in [6.45, 7) is 2.62. The first-order chi connectivity index (χ1) is 9.63. The molecule has 0 aliphatic heterocycles. The fraction of sp³-hybridized carbons (Fsp3) is 0.143. The van der Waals surface area contributed by atoms with E-state index in [2.05, 4.69) is 25.9 Å². The molecule has 0 fully saturated rings. The summed E-state index contributed by atoms with van der Waals surface area (Å²) >= 11 is 3.19. The molecule has 0 saturated heterocycles. The molecule has 3 aromatic rings. The molecule has 6 heteroatoms. The van der Waals surface area contributed by atoms with Crippen LogP contribution in [-0.2, 0) is 6.54 Å². The number of aromatic nitrogens is 4. The summed E-state index contributed by atoms with van der Waals surface area (Å²) in [5.41, 5.74) is 1.78. The fourth-order valence-electron chi connectivity index (χ4n) is 1.98. The number of nitrogens with zero attached hydrogens (tertiary/aromatic N) is 4. The maximum Gasteiger partial charge on any atom is 0.137 e. The van der Waals surface area contributed by atoms with E-state index in [1.807, 2.05) is 28.5 Å². The van der Waals surface area contributed by atoms with E-state index in [9.17, 15) is 4.39 Å². The first-order valence-electron chi connectivity index (χ1n) is 6.09. The van der Waals surface area contributed by atoms with Gasteiger partial charge in [0.2, 0.25) is 0 Å². The Kier molecular flexibility index (Phi) is 3.40. The Morgan fingerprint density at radius 2 is 2.15 bits per heavy atom. The van der Waals surface area contributed by atoms with Gasteiger partial charge in [0, 0.05) is 24.3 Å². The number of benzene rings is 1. The second kappa shape index (κ2) is 5.20. The molecule has 0 aliphatic carbocycles. The molecule has 102 valence electrons. The number of imidazole rings is 2. The van der Waals surface area contributed by atoms with Crippen LogP contribution in [0, 0.1) is 12.7 Å². The molecule has 0 unspecified atom stereocenters. The van der Waals surface area contributed by atoms with Crippen molar-refractivity contribution in [1.29, 1.82) is 0 Å². The molecule has 4 nitrogen and oxygen atoms in total. The monoisotopic (exact) mass is 334 g/mol. The summed E-state index contributed by atoms with van der Waals surface area (Å²) < 4.78 is 17.6. The van der Waals surface area contributed by atoms with E-state index in [-0.39, 0.29) is 5.82 Å². The Morgan fingerprint density at radius 1 is 1.30 bits per heavy atom. The Labute approximate surface area is 124 Å². The molecule has 0 atom stereocenters. The first-order valence-corrected chi connectivity index (χ1v) is 6.89. The van der Waals surface area contributed by atoms with Gasteiger partial charge in [-0.3, -0.25) is 0 Å². The van der Waals surface area contributed by atoms with Gasteiger partial charge in [-0.15, -0.1) is 0 Å². The molecule has 0 aliphatic rings. The average molecular weight is 335 g/mol. The molecular formula is C14H12BrFN4. The van der Waals surface area contributed by atoms with Gasteiger partial charge in [-0.05, 0) is 41.1 Å². The predicted molar refractivity (Wildman–Crippen MR) is 77.3 cm³/mol. The van der Waals surface area contributed by atoms with Crippen molar-refractivity contribution in [2.75, 3.05) is 0 Å². The molecule has 0 saturated carbocycles. The molecule has 0 amide bonds. The van der Waals surface area contributed by atoms with Crippen LogP contribution in [0.4, 0.5) is 4.39 Å². The van der Waals surface area contributed by atoms with Crippen molar-refractivity contribution >= 4 is 15.9 Å². The molecule has 20 heavy (non-hydrogen) atoms. The molecule has 0 spiro atoms. The first kappa shape index (κ1) is 13.1. The minimum atomic E-state index is -0.275. The van der Waals surface area contributed by atoms with Crippen molar-refractivity contribution in [2.24, 2.45) is 0 Å². The highest BCUT2D eigenvalue weighted by Gasteiger charge is 2.05. The highest BCUT2D eigenvalue weighted by Crippen LogP contribution is 2.19. The Morgan fingerprint density at radius 3 is 2.85 bits per heavy atom. The minimum absolute atomic E-state index is 0.275. The summed E-state index contributed by atoms with van der Waals surface area (Å²) in [5.74, 6) is 0.673. The molecule has 0 bridgehead atoms. The van der Waals surface area contributed by atoms with Gasteiger partial charge in [0.25, 0.3) is 0 Å². The molecule has 1 aromatic carbocycles. The number of hydrogen-bond acceptors (Lipinski definition) is 2. The van der Waals surface area contributed by atoms with Gasteiger partial charge in [-0.2, -0.15) is 0 Å². The molecule has 0 radical (unpaired) electrons. The molecular weight excluding hydrogens is 323 g/mol. The summed E-state index contributed by atoms with van der Waals surface area (Å²) in [7, 11) is 0. The van der Waals surface area contributed by atoms with Crippen molar-refractivity contribution < 1.29 is 4.39 Å². The van der Waals surface area contributed by atoms with Crippen molar-refractivity contribution in [3.05, 3.63) is 64.9 Å². The van der Waals surface area contributed by atoms with Gasteiger partial charge in [0.05, 0.1) is 23.0 Å². The maximum atomic E-state index is 13.2. The largest absolute Gasteiger partial charge is 0.329 e. The van der Waals surface area contributed by atoms with Crippen molar-refractivity contribution in [3.63, 3.8) is 0 Å². The van der Waals surface area contributed by atoms with Gasteiger partial charge >= 0.3 is 0 Å². The van der Waals surface area contributed by atoms with Crippen LogP contribution in [0.15, 0.2) is 47.6 Å². The number of aryl methyl sites for hydroxylation is 1. The molecule has 0 N–H and O–H groups in total. The van der Waals surface area contributed by atoms with Crippen LogP contribution in [0.5, 0.6) is 0 Å². The van der Waals surface area contributed by atoms with E-state index in [1.165, 1.54) is 6.07 Å². The lowest BCUT2D eigenvalue weighted by Crippen LogP contribution is -2.00. The van der Waals surface area contributed by atoms with Gasteiger partial charge in [-0.25, -0.2) is 14.4 Å². The lowest BCUT2D eigenvalue weighted by molar-refractivity contribution is 0.620. The van der Waals surface area contributed by atoms with Crippen LogP contribution < -0.4 is 0 Å². The Bertz CT molecular complexity index is 747. The second-order valence-corrected chi connectivity index (χ2v) is 5.33. The lowest BCUT2D eigenvalue weighted by atomic mass is 10.3. The van der Waals surface area contributed by atoms with E-state index < -0.39 is 0 Å². The topological polar surface area (TPSA) is 35.6 Å². The standard InChI is InChI=1S/C14H12BrFN4/c1-10-17-4-5-19(10)7-11-8-20(9-18-11)12-2-3-14(16)13(15)6-12/h2-6,8-9H,7H2,1H3. The van der Waals surface area contributed by atoms with Crippen LogP contribution in [0.25, 0.3) is 5.69 Å². The van der Waals surface area contributed by atoms with Crippen LogP contribution >= 0.6 is 15.9 Å². The van der Waals surface area contributed by atoms with E-state index in [0.717, 1.165) is 17.2 Å². The average Bonchev–Trinajstić information content (AvgIpc) is 3.04. The smallest absolute Gasteiger partial charge is 0.137 e. The third-order valence-corrected chi connectivity index (χ3v) is 3.70. The van der Waals surface area contributed by atoms with E-state index >= 15 is 0 Å². The minimum Gasteiger partial charge on any atom is -0.329 e. The highest BCUT2D eigenvalue weighted by molar-refractivity contribution is 9.10. The lowest BCUT2D eigenvalue weighted by Gasteiger charge is -2.03. The van der Waals surface area contributed by atoms with Crippen LogP contribution in [0.1, 0.15) is 11.5 Å². The highest BCUT2D eigenvalue weighted by atomic mass is 79.9. The number of hydrogen-bond donors (Lipinski definition) is 0. The van der Waals surface area contributed by atoms with Crippen LogP contribution in [0.2, 0.25) is 0 Å². The quantitative estimate of drug-likeness (QED) is 0.736. The Hall–Kier alpha value is -1.95. The van der Waals surface area contributed by atoms with Crippen molar-refractivity contribution in [3.8, 4) is 5.69 Å². The zero-order valence-corrected chi connectivity index (χ0v) is 12.4. The zero-order chi connectivity index (χ0) is 14.1. The predicted octanol–water partition coefficient (Wildman–Crippen LogP) is 3.33. The fourth-order valence-corrected chi connectivity index (χ4v) is 2.34. The molecule has 2 heterocycles. The maximum absolute atomic E-state index is 13.2. The molecule has 3 rings (SSSR count). The second-order valence-electron chi connectivity index (χ2n) is 4.47. The summed E-state index contributed by atoms with van der Waals surface area (Å²) in [5, 5.41) is 0. The molecule has 2 aromatic heterocycles. The third kappa shape index (κ3) is 2.51. The third-order valence-electron chi connectivity index (χ3n) is 3.09. The Balaban J connectivity index is 1.86. The van der Waals surface area contributed by atoms with E-state index in [0.29, 0.717) is 11.0 Å². The summed E-state index contributed by atoms with van der Waals surface area (Å²) in [6.07, 6.45) is 7.34. The van der Waals surface area contributed by atoms with Crippen LogP contribution in [-0.4, -0.2) is 19.1 Å². The number of rotatable bonds is 3. The van der Waals surface area contributed by atoms with Crippen LogP contribution in [0.3, 0.4) is 0 Å². The van der Waals surface area contributed by atoms with E-state index in [4.69, 9.17) is 0 Å². The number of halogens is 2. The van der Waals surface area contributed by atoms with Gasteiger partial charge in [-0.1, -0.05) is 0 Å². The zero-order valence-electron chi connectivity index (χ0n) is 10.8. The van der Waals surface area contributed by atoms with E-state index in [1.54, 1.807) is 24.7 Å². The van der Waals surface area contributed by atoms with Crippen molar-refractivity contribution in [1.82, 2.24) is 19.1 Å². The SMILES string of the molecule is Cc1nccn1Cc1cn(-c2ccc(F)c(Br)c2)cn1. The van der Waals surface area contributed by atoms with Gasteiger partial charge in [0.15, 0.2) is 0 Å². The van der Waals surface area contributed by atoms with Gasteiger partial charge < -0.3 is 9.13 Å². The van der Waals surface area contributed by atoms with Gasteiger partial charge in [0.1, 0.15) is 11.6 Å². The normalized spacial score (nSPS) is 10.9.